The van der Waals surface area contributed by atoms with Crippen LogP contribution in [0.3, 0.4) is 0 Å². The zero-order valence-corrected chi connectivity index (χ0v) is 22.8. The smallest absolute Gasteiger partial charge is 0.0528 e. The van der Waals surface area contributed by atoms with Crippen molar-refractivity contribution in [3.8, 4) is 0 Å². The Morgan fingerprint density at radius 2 is 1.76 bits per heavy atom. The number of hydrogen-bond acceptors (Lipinski definition) is 2. The highest BCUT2D eigenvalue weighted by molar-refractivity contribution is 7.81. The van der Waals surface area contributed by atoms with Crippen molar-refractivity contribution in [2.75, 3.05) is 0 Å². The molecule has 0 saturated heterocycles. The van der Waals surface area contributed by atoms with Crippen LogP contribution in [0.15, 0.2) is 12.4 Å². The second kappa shape index (κ2) is 9.55. The predicted octanol–water partition coefficient (Wildman–Crippen LogP) is 8.21. The van der Waals surface area contributed by atoms with Crippen LogP contribution in [-0.4, -0.2) is 15.0 Å². The van der Waals surface area contributed by atoms with Gasteiger partial charge >= 0.3 is 0 Å². The van der Waals surface area contributed by atoms with Crippen LogP contribution in [0.1, 0.15) is 110 Å². The molecule has 4 fully saturated rings. The Labute approximate surface area is 209 Å². The summed E-state index contributed by atoms with van der Waals surface area (Å²) in [6, 6.07) is 0. The summed E-state index contributed by atoms with van der Waals surface area (Å²) in [6.45, 7) is 11.0. The SMILES string of the molecule is CCCc1cnn(CC(S)C2CCC3C4CCC5(C)CC(CCC)CCC5C4CCC23C)c1. The molecule has 0 radical (unpaired) electrons. The van der Waals surface area contributed by atoms with Gasteiger partial charge in [0.1, 0.15) is 0 Å². The van der Waals surface area contributed by atoms with Crippen molar-refractivity contribution >= 4 is 12.6 Å². The standard InChI is InChI=1S/C30H50N2S/c1-5-7-21-9-10-25-23-14-16-30(4)26(24(23)13-15-29(25,3)17-21)11-12-27(30)28(33)20-32-19-22(8-6-2)18-31-32/h18-19,21,23-28,33H,5-17,20H2,1-4H3. The summed E-state index contributed by atoms with van der Waals surface area (Å²) in [5, 5.41) is 5.11. The van der Waals surface area contributed by atoms with Crippen LogP contribution in [0.5, 0.6) is 0 Å². The van der Waals surface area contributed by atoms with Crippen LogP contribution >= 0.6 is 12.6 Å². The topological polar surface area (TPSA) is 17.8 Å². The van der Waals surface area contributed by atoms with E-state index in [4.69, 9.17) is 12.6 Å². The van der Waals surface area contributed by atoms with Gasteiger partial charge < -0.3 is 0 Å². The third-order valence-corrected chi connectivity index (χ3v) is 12.0. The molecule has 4 aliphatic rings. The first-order valence-corrected chi connectivity index (χ1v) is 15.1. The minimum absolute atomic E-state index is 0.435. The fourth-order valence-electron chi connectivity index (χ4n) is 9.99. The third-order valence-electron chi connectivity index (χ3n) is 11.4. The number of hydrogen-bond donors (Lipinski definition) is 1. The van der Waals surface area contributed by atoms with Gasteiger partial charge in [-0.25, -0.2) is 0 Å². The lowest BCUT2D eigenvalue weighted by Crippen LogP contribution is -2.52. The Balaban J connectivity index is 1.27. The van der Waals surface area contributed by atoms with Crippen molar-refractivity contribution in [1.29, 1.82) is 0 Å². The molecule has 1 aromatic rings. The average molecular weight is 471 g/mol. The Kier molecular flexibility index (Phi) is 7.02. The number of aromatic nitrogens is 2. The Morgan fingerprint density at radius 1 is 1.00 bits per heavy atom. The fraction of sp³-hybridized carbons (Fsp3) is 0.900. The van der Waals surface area contributed by atoms with Crippen LogP contribution in [0.2, 0.25) is 0 Å². The lowest BCUT2D eigenvalue weighted by molar-refractivity contribution is -0.105. The zero-order valence-electron chi connectivity index (χ0n) is 21.9. The average Bonchev–Trinajstić information content (AvgIpc) is 3.37. The predicted molar refractivity (Wildman–Crippen MR) is 143 cm³/mol. The molecule has 0 spiro atoms. The van der Waals surface area contributed by atoms with Crippen molar-refractivity contribution in [3.63, 3.8) is 0 Å². The zero-order chi connectivity index (χ0) is 23.2. The van der Waals surface area contributed by atoms with Crippen molar-refractivity contribution in [2.45, 2.75) is 123 Å². The van der Waals surface area contributed by atoms with E-state index in [1.54, 1.807) is 0 Å². The van der Waals surface area contributed by atoms with Crippen molar-refractivity contribution in [1.82, 2.24) is 9.78 Å². The van der Waals surface area contributed by atoms with Gasteiger partial charge in [0.2, 0.25) is 0 Å². The molecule has 3 heteroatoms. The molecule has 2 nitrogen and oxygen atoms in total. The van der Waals surface area contributed by atoms with Crippen LogP contribution in [0.4, 0.5) is 0 Å². The summed E-state index contributed by atoms with van der Waals surface area (Å²) < 4.78 is 2.19. The Morgan fingerprint density at radius 3 is 2.55 bits per heavy atom. The maximum absolute atomic E-state index is 5.24. The lowest BCUT2D eigenvalue weighted by Gasteiger charge is -2.60. The van der Waals surface area contributed by atoms with Crippen molar-refractivity contribution in [3.05, 3.63) is 18.0 Å². The van der Waals surface area contributed by atoms with Gasteiger partial charge in [-0.15, -0.1) is 0 Å². The van der Waals surface area contributed by atoms with Gasteiger partial charge in [0, 0.05) is 11.4 Å². The number of nitrogens with zero attached hydrogens (tertiary/aromatic N) is 2. The molecule has 1 aromatic heterocycles. The van der Waals surface area contributed by atoms with E-state index in [0.717, 1.165) is 48.5 Å². The largest absolute Gasteiger partial charge is 0.271 e. The maximum atomic E-state index is 5.24. The van der Waals surface area contributed by atoms with Crippen LogP contribution in [-0.2, 0) is 13.0 Å². The molecule has 1 heterocycles. The molecular weight excluding hydrogens is 420 g/mol. The molecule has 4 saturated carbocycles. The Bertz CT molecular complexity index is 803. The van der Waals surface area contributed by atoms with E-state index in [1.807, 2.05) is 0 Å². The molecular formula is C30H50N2S. The number of thiol groups is 1. The molecule has 0 aromatic carbocycles. The van der Waals surface area contributed by atoms with Gasteiger partial charge in [-0.3, -0.25) is 4.68 Å². The third kappa shape index (κ3) is 4.36. The van der Waals surface area contributed by atoms with E-state index in [2.05, 4.69) is 49.9 Å². The minimum atomic E-state index is 0.435. The molecule has 0 aliphatic heterocycles. The van der Waals surface area contributed by atoms with Crippen LogP contribution in [0, 0.1) is 46.3 Å². The first-order valence-electron chi connectivity index (χ1n) is 14.6. The normalized spacial score (nSPS) is 43.5. The molecule has 0 N–H and O–H groups in total. The van der Waals surface area contributed by atoms with Gasteiger partial charge in [0.25, 0.3) is 0 Å². The van der Waals surface area contributed by atoms with Gasteiger partial charge in [0.05, 0.1) is 12.7 Å². The van der Waals surface area contributed by atoms with E-state index >= 15 is 0 Å². The Hall–Kier alpha value is -0.440. The molecule has 9 atom stereocenters. The minimum Gasteiger partial charge on any atom is -0.271 e. The maximum Gasteiger partial charge on any atom is 0.0528 e. The molecule has 0 amide bonds. The molecule has 0 bridgehead atoms. The second-order valence-corrected chi connectivity index (χ2v) is 13.9. The first-order chi connectivity index (χ1) is 15.9. The summed E-state index contributed by atoms with van der Waals surface area (Å²) in [5.74, 6) is 5.74. The van der Waals surface area contributed by atoms with E-state index in [0.29, 0.717) is 16.1 Å². The second-order valence-electron chi connectivity index (χ2n) is 13.3. The van der Waals surface area contributed by atoms with Crippen LogP contribution in [0.25, 0.3) is 0 Å². The van der Waals surface area contributed by atoms with Gasteiger partial charge in [-0.05, 0) is 110 Å². The van der Waals surface area contributed by atoms with E-state index in [1.165, 1.54) is 82.6 Å². The fourth-order valence-corrected chi connectivity index (χ4v) is 10.7. The summed E-state index contributed by atoms with van der Waals surface area (Å²) in [5.41, 5.74) is 2.53. The highest BCUT2D eigenvalue weighted by Gasteiger charge is 2.59. The molecule has 5 rings (SSSR count). The summed E-state index contributed by atoms with van der Waals surface area (Å²) >= 11 is 5.24. The molecule has 4 aliphatic carbocycles. The quantitative estimate of drug-likeness (QED) is 0.397. The highest BCUT2D eigenvalue weighted by atomic mass is 32.1. The number of aryl methyl sites for hydroxylation is 1. The summed E-state index contributed by atoms with van der Waals surface area (Å²) in [4.78, 5) is 0. The van der Waals surface area contributed by atoms with Gasteiger partial charge in [-0.2, -0.15) is 17.7 Å². The monoisotopic (exact) mass is 470 g/mol. The lowest BCUT2D eigenvalue weighted by atomic mass is 9.45. The van der Waals surface area contributed by atoms with E-state index in [-0.39, 0.29) is 0 Å². The molecule has 33 heavy (non-hydrogen) atoms. The number of rotatable bonds is 7. The summed E-state index contributed by atoms with van der Waals surface area (Å²) in [7, 11) is 0. The first kappa shape index (κ1) is 24.3. The van der Waals surface area contributed by atoms with E-state index in [9.17, 15) is 0 Å². The van der Waals surface area contributed by atoms with Gasteiger partial charge in [-0.1, -0.05) is 53.4 Å². The van der Waals surface area contributed by atoms with Crippen molar-refractivity contribution < 1.29 is 0 Å². The summed E-state index contributed by atoms with van der Waals surface area (Å²) in [6.07, 6.45) is 22.9. The number of fused-ring (bicyclic) bond motifs is 5. The molecule has 186 valence electrons. The van der Waals surface area contributed by atoms with Gasteiger partial charge in [0.15, 0.2) is 0 Å². The van der Waals surface area contributed by atoms with Crippen LogP contribution < -0.4 is 0 Å². The molecule has 9 unspecified atom stereocenters. The highest BCUT2D eigenvalue weighted by Crippen LogP contribution is 2.67. The van der Waals surface area contributed by atoms with E-state index < -0.39 is 0 Å². The van der Waals surface area contributed by atoms with Crippen molar-refractivity contribution in [2.24, 2.45) is 46.3 Å².